The first-order chi connectivity index (χ1) is 16.4. The number of thiophene rings is 1. The number of halogens is 2. The van der Waals surface area contributed by atoms with Crippen LogP contribution in [0.1, 0.15) is 53.1 Å². The lowest BCUT2D eigenvalue weighted by atomic mass is 10.0. The molecule has 3 aromatic rings. The molecule has 2 aromatic heterocycles. The molecule has 0 bridgehead atoms. The van der Waals surface area contributed by atoms with Crippen LogP contribution in [0.5, 0.6) is 0 Å². The van der Waals surface area contributed by atoms with Crippen molar-refractivity contribution in [3.05, 3.63) is 74.1 Å². The summed E-state index contributed by atoms with van der Waals surface area (Å²) in [5.41, 5.74) is 2.31. The Morgan fingerprint density at radius 3 is 2.50 bits per heavy atom. The summed E-state index contributed by atoms with van der Waals surface area (Å²) in [5, 5.41) is 2.33. The Morgan fingerprint density at radius 1 is 1.12 bits per heavy atom. The zero-order valence-electron chi connectivity index (χ0n) is 19.9. The molecule has 0 saturated carbocycles. The van der Waals surface area contributed by atoms with Crippen LogP contribution < -0.4 is 4.90 Å². The van der Waals surface area contributed by atoms with Gasteiger partial charge in [0.15, 0.2) is 0 Å². The molecule has 0 radical (unpaired) electrons. The Morgan fingerprint density at radius 2 is 1.88 bits per heavy atom. The van der Waals surface area contributed by atoms with Crippen molar-refractivity contribution in [2.45, 2.75) is 40.0 Å². The minimum Gasteiger partial charge on any atom is -0.353 e. The summed E-state index contributed by atoms with van der Waals surface area (Å²) >= 11 is 7.85. The van der Waals surface area contributed by atoms with Crippen molar-refractivity contribution in [1.82, 2.24) is 14.9 Å². The van der Waals surface area contributed by atoms with Crippen LogP contribution in [0.25, 0.3) is 0 Å². The largest absolute Gasteiger partial charge is 0.353 e. The Hall–Kier alpha value is -2.51. The van der Waals surface area contributed by atoms with E-state index >= 15 is 0 Å². The Bertz CT molecular complexity index is 1120. The number of aromatic nitrogens is 2. The third-order valence-corrected chi connectivity index (χ3v) is 7.27. The molecular formula is C26H30ClFN4OS. The van der Waals surface area contributed by atoms with Crippen molar-refractivity contribution >= 4 is 34.7 Å². The van der Waals surface area contributed by atoms with Crippen molar-refractivity contribution in [3.63, 3.8) is 0 Å². The van der Waals surface area contributed by atoms with Gasteiger partial charge in [-0.05, 0) is 35.9 Å². The molecule has 180 valence electrons. The van der Waals surface area contributed by atoms with Gasteiger partial charge in [-0.25, -0.2) is 14.4 Å². The van der Waals surface area contributed by atoms with E-state index in [4.69, 9.17) is 21.6 Å². The summed E-state index contributed by atoms with van der Waals surface area (Å²) in [6.07, 6.45) is 1.83. The maximum Gasteiger partial charge on any atom is 0.264 e. The molecule has 1 amide bonds. The van der Waals surface area contributed by atoms with E-state index < -0.39 is 0 Å². The highest BCUT2D eigenvalue weighted by Gasteiger charge is 2.27. The van der Waals surface area contributed by atoms with Crippen LogP contribution in [0, 0.1) is 11.7 Å². The molecule has 1 saturated heterocycles. The van der Waals surface area contributed by atoms with Gasteiger partial charge in [0.2, 0.25) is 0 Å². The first-order valence-electron chi connectivity index (χ1n) is 11.8. The molecule has 0 aliphatic carbocycles. The van der Waals surface area contributed by atoms with Gasteiger partial charge in [0.1, 0.15) is 17.5 Å². The lowest BCUT2D eigenvalue weighted by Crippen LogP contribution is -2.49. The molecule has 0 spiro atoms. The van der Waals surface area contributed by atoms with Crippen LogP contribution >= 0.6 is 22.9 Å². The summed E-state index contributed by atoms with van der Waals surface area (Å²) in [4.78, 5) is 27.5. The highest BCUT2D eigenvalue weighted by Crippen LogP contribution is 2.30. The quantitative estimate of drug-likeness (QED) is 0.421. The van der Waals surface area contributed by atoms with Gasteiger partial charge in [-0.2, -0.15) is 0 Å². The fraction of sp³-hybridized carbons (Fsp3) is 0.423. The number of anilines is 1. The molecule has 0 unspecified atom stereocenters. The maximum atomic E-state index is 14.7. The van der Waals surface area contributed by atoms with Crippen molar-refractivity contribution in [2.24, 2.45) is 5.92 Å². The highest BCUT2D eigenvalue weighted by atomic mass is 35.5. The summed E-state index contributed by atoms with van der Waals surface area (Å²) in [7, 11) is 0. The van der Waals surface area contributed by atoms with Crippen LogP contribution in [0.3, 0.4) is 0 Å². The van der Waals surface area contributed by atoms with Crippen molar-refractivity contribution in [2.75, 3.05) is 31.1 Å². The minimum atomic E-state index is -0.321. The first-order valence-corrected chi connectivity index (χ1v) is 13.0. The Balaban J connectivity index is 1.66. The molecule has 0 atom stereocenters. The van der Waals surface area contributed by atoms with E-state index in [1.165, 1.54) is 17.4 Å². The molecule has 34 heavy (non-hydrogen) atoms. The zero-order valence-corrected chi connectivity index (χ0v) is 21.4. The predicted molar refractivity (Wildman–Crippen MR) is 137 cm³/mol. The smallest absolute Gasteiger partial charge is 0.264 e. The highest BCUT2D eigenvalue weighted by molar-refractivity contribution is 7.12. The number of hydrogen-bond donors (Lipinski definition) is 0. The molecule has 1 aliphatic rings. The molecule has 4 rings (SSSR count). The molecule has 1 aromatic carbocycles. The van der Waals surface area contributed by atoms with Gasteiger partial charge in [0.25, 0.3) is 5.91 Å². The molecular weight excluding hydrogens is 471 g/mol. The van der Waals surface area contributed by atoms with Gasteiger partial charge in [0.05, 0.1) is 4.88 Å². The van der Waals surface area contributed by atoms with Gasteiger partial charge in [-0.3, -0.25) is 4.79 Å². The van der Waals surface area contributed by atoms with E-state index in [2.05, 4.69) is 25.7 Å². The van der Waals surface area contributed by atoms with Crippen molar-refractivity contribution < 1.29 is 9.18 Å². The van der Waals surface area contributed by atoms with Crippen molar-refractivity contribution in [3.8, 4) is 0 Å². The van der Waals surface area contributed by atoms with Crippen LogP contribution in [0.4, 0.5) is 10.2 Å². The number of amides is 1. The molecule has 1 aliphatic heterocycles. The van der Waals surface area contributed by atoms with Crippen molar-refractivity contribution in [1.29, 1.82) is 0 Å². The summed E-state index contributed by atoms with van der Waals surface area (Å²) in [6, 6.07) is 8.54. The number of carbonyl (C=O) groups excluding carboxylic acids is 1. The fourth-order valence-corrected chi connectivity index (χ4v) is 5.23. The summed E-state index contributed by atoms with van der Waals surface area (Å²) in [5.74, 6) is 1.82. The fourth-order valence-electron chi connectivity index (χ4n) is 4.31. The minimum absolute atomic E-state index is 0.0745. The zero-order chi connectivity index (χ0) is 24.2. The van der Waals surface area contributed by atoms with Crippen LogP contribution in [-0.4, -0.2) is 47.0 Å². The van der Waals surface area contributed by atoms with E-state index in [1.807, 2.05) is 22.4 Å². The van der Waals surface area contributed by atoms with E-state index in [1.54, 1.807) is 12.1 Å². The molecule has 1 fully saturated rings. The Kier molecular flexibility index (Phi) is 7.84. The number of hydrogen-bond acceptors (Lipinski definition) is 5. The predicted octanol–water partition coefficient (Wildman–Crippen LogP) is 5.64. The second-order valence-corrected chi connectivity index (χ2v) is 10.3. The second-order valence-electron chi connectivity index (χ2n) is 8.97. The maximum absolute atomic E-state index is 14.7. The Labute approximate surface area is 209 Å². The summed E-state index contributed by atoms with van der Waals surface area (Å²) < 4.78 is 14.7. The van der Waals surface area contributed by atoms with Gasteiger partial charge >= 0.3 is 0 Å². The number of carbonyl (C=O) groups is 1. The number of piperazine rings is 1. The average Bonchev–Trinajstić information content (AvgIpc) is 3.36. The summed E-state index contributed by atoms with van der Waals surface area (Å²) in [6.45, 7) is 8.92. The van der Waals surface area contributed by atoms with E-state index in [-0.39, 0.29) is 11.7 Å². The van der Waals surface area contributed by atoms with Crippen LogP contribution in [0.15, 0.2) is 35.7 Å². The van der Waals surface area contributed by atoms with E-state index in [9.17, 15) is 9.18 Å². The monoisotopic (exact) mass is 500 g/mol. The topological polar surface area (TPSA) is 49.3 Å². The SMILES string of the molecule is CCc1nc(CC(C)C)nc(N2CCN(C(=O)c3cccs3)CC2)c1Cc1c(F)cccc1Cl. The lowest BCUT2D eigenvalue weighted by molar-refractivity contribution is 0.0751. The normalized spacial score (nSPS) is 14.2. The number of rotatable bonds is 7. The molecule has 0 N–H and O–H groups in total. The molecule has 5 nitrogen and oxygen atoms in total. The van der Waals surface area contributed by atoms with E-state index in [0.29, 0.717) is 49.1 Å². The van der Waals surface area contributed by atoms with Gasteiger partial charge in [-0.1, -0.05) is 44.5 Å². The van der Waals surface area contributed by atoms with Gasteiger partial charge in [0, 0.05) is 60.9 Å². The van der Waals surface area contributed by atoms with E-state index in [0.717, 1.165) is 40.6 Å². The van der Waals surface area contributed by atoms with Crippen LogP contribution in [0.2, 0.25) is 5.02 Å². The third-order valence-electron chi connectivity index (χ3n) is 6.06. The average molecular weight is 501 g/mol. The second kappa shape index (κ2) is 10.8. The van der Waals surface area contributed by atoms with Gasteiger partial charge < -0.3 is 9.80 Å². The number of benzene rings is 1. The third kappa shape index (κ3) is 5.41. The first kappa shape index (κ1) is 24.6. The molecule has 3 heterocycles. The lowest BCUT2D eigenvalue weighted by Gasteiger charge is -2.36. The molecule has 8 heteroatoms. The number of aryl methyl sites for hydroxylation is 1. The standard InChI is InChI=1S/C26H30ClFN4OS/c1-4-22-19(16-18-20(27)7-5-8-21(18)28)25(30-24(29-22)15-17(2)3)31-10-12-32(13-11-31)26(33)23-9-6-14-34-23/h5-9,14,17H,4,10-13,15-16H2,1-3H3. The van der Waals surface area contributed by atoms with Gasteiger partial charge in [-0.15, -0.1) is 11.3 Å². The number of nitrogens with zero attached hydrogens (tertiary/aromatic N) is 4. The van der Waals surface area contributed by atoms with Crippen LogP contribution in [-0.2, 0) is 19.3 Å².